The van der Waals surface area contributed by atoms with Crippen LogP contribution in [0.3, 0.4) is 0 Å². The van der Waals surface area contributed by atoms with Crippen LogP contribution in [0.15, 0.2) is 42.5 Å². The van der Waals surface area contributed by atoms with Crippen LogP contribution in [0.1, 0.15) is 11.1 Å². The largest absolute Gasteiger partial charge is 0.355 e. The summed E-state index contributed by atoms with van der Waals surface area (Å²) in [5.41, 5.74) is 3.91. The lowest BCUT2D eigenvalue weighted by molar-refractivity contribution is 1.26. The van der Waals surface area contributed by atoms with Crippen LogP contribution in [0.25, 0.3) is 0 Å². The summed E-state index contributed by atoms with van der Waals surface area (Å²) in [6.45, 7) is 1.97. The lowest BCUT2D eigenvalue weighted by atomic mass is 10.1. The Balaban J connectivity index is 2.35. The van der Waals surface area contributed by atoms with E-state index in [0.717, 1.165) is 27.5 Å². The minimum atomic E-state index is 0.392. The van der Waals surface area contributed by atoms with Gasteiger partial charge in [-0.25, -0.2) is 0 Å². The predicted octanol–water partition coefficient (Wildman–Crippen LogP) is 4.46. The lowest BCUT2D eigenvalue weighted by Crippen LogP contribution is -1.97. The molecule has 1 N–H and O–H groups in total. The van der Waals surface area contributed by atoms with Crippen LogP contribution >= 0.6 is 11.6 Å². The van der Waals surface area contributed by atoms with E-state index in [-0.39, 0.29) is 0 Å². The van der Waals surface area contributed by atoms with Crippen LogP contribution < -0.4 is 5.32 Å². The van der Waals surface area contributed by atoms with Crippen molar-refractivity contribution in [3.8, 4) is 6.07 Å². The van der Waals surface area contributed by atoms with Crippen molar-refractivity contribution in [2.24, 2.45) is 0 Å². The van der Waals surface area contributed by atoms with E-state index < -0.39 is 0 Å². The third-order valence-electron chi connectivity index (χ3n) is 2.82. The molecule has 0 saturated carbocycles. The van der Waals surface area contributed by atoms with Gasteiger partial charge in [0.05, 0.1) is 12.5 Å². The summed E-state index contributed by atoms with van der Waals surface area (Å²) in [5.74, 6) is 0. The molecule has 90 valence electrons. The van der Waals surface area contributed by atoms with Crippen LogP contribution in [0.2, 0.25) is 5.02 Å². The number of rotatable bonds is 3. The van der Waals surface area contributed by atoms with Crippen molar-refractivity contribution in [3.05, 3.63) is 58.6 Å². The molecule has 0 spiro atoms. The molecule has 0 radical (unpaired) electrons. The lowest BCUT2D eigenvalue weighted by Gasteiger charge is -2.13. The van der Waals surface area contributed by atoms with Gasteiger partial charge in [-0.05, 0) is 36.2 Å². The molecule has 0 unspecified atom stereocenters. The Morgan fingerprint density at radius 2 is 1.83 bits per heavy atom. The summed E-state index contributed by atoms with van der Waals surface area (Å²) in [4.78, 5) is 0. The van der Waals surface area contributed by atoms with Crippen LogP contribution in [0, 0.1) is 18.3 Å². The smallest absolute Gasteiger partial charge is 0.0670 e. The second kappa shape index (κ2) is 5.57. The van der Waals surface area contributed by atoms with Gasteiger partial charge in [0.15, 0.2) is 0 Å². The molecule has 0 aliphatic heterocycles. The first-order chi connectivity index (χ1) is 8.72. The zero-order valence-electron chi connectivity index (χ0n) is 10.1. The fourth-order valence-electron chi connectivity index (χ4n) is 1.77. The van der Waals surface area contributed by atoms with Crippen molar-refractivity contribution in [2.75, 3.05) is 5.32 Å². The fourth-order valence-corrected chi connectivity index (χ4v) is 1.94. The Bertz CT molecular complexity index is 600. The van der Waals surface area contributed by atoms with Crippen LogP contribution in [-0.2, 0) is 6.42 Å². The van der Waals surface area contributed by atoms with Crippen LogP contribution in [0.4, 0.5) is 11.4 Å². The molecule has 0 aromatic heterocycles. The van der Waals surface area contributed by atoms with Gasteiger partial charge < -0.3 is 5.32 Å². The van der Waals surface area contributed by atoms with E-state index in [9.17, 15) is 0 Å². The Morgan fingerprint density at radius 1 is 1.11 bits per heavy atom. The first-order valence-electron chi connectivity index (χ1n) is 5.69. The fraction of sp³-hybridized carbons (Fsp3) is 0.133. The molecule has 0 aliphatic rings. The molecule has 2 aromatic rings. The molecule has 2 aromatic carbocycles. The first-order valence-corrected chi connectivity index (χ1v) is 6.07. The molecule has 0 heterocycles. The highest BCUT2D eigenvalue weighted by molar-refractivity contribution is 6.31. The minimum absolute atomic E-state index is 0.392. The molecule has 0 aliphatic carbocycles. The Kier molecular flexibility index (Phi) is 3.86. The van der Waals surface area contributed by atoms with Gasteiger partial charge in [0, 0.05) is 16.4 Å². The highest BCUT2D eigenvalue weighted by atomic mass is 35.5. The number of benzene rings is 2. The van der Waals surface area contributed by atoms with Gasteiger partial charge >= 0.3 is 0 Å². The van der Waals surface area contributed by atoms with Gasteiger partial charge in [0.1, 0.15) is 0 Å². The number of nitrogens with one attached hydrogen (secondary N) is 1. The number of nitrogens with zero attached hydrogens (tertiary/aromatic N) is 1. The number of halogens is 1. The minimum Gasteiger partial charge on any atom is -0.355 e. The summed E-state index contributed by atoms with van der Waals surface area (Å²) in [7, 11) is 0. The number of hydrogen-bond donors (Lipinski definition) is 1. The van der Waals surface area contributed by atoms with E-state index in [1.807, 2.05) is 49.4 Å². The van der Waals surface area contributed by atoms with E-state index in [0.29, 0.717) is 6.42 Å². The van der Waals surface area contributed by atoms with E-state index in [4.69, 9.17) is 16.9 Å². The van der Waals surface area contributed by atoms with Gasteiger partial charge in [-0.2, -0.15) is 5.26 Å². The van der Waals surface area contributed by atoms with Crippen LogP contribution in [0.5, 0.6) is 0 Å². The van der Waals surface area contributed by atoms with E-state index in [1.165, 1.54) is 0 Å². The predicted molar refractivity (Wildman–Crippen MR) is 75.2 cm³/mol. The quantitative estimate of drug-likeness (QED) is 0.880. The number of para-hydroxylation sites is 1. The third-order valence-corrected chi connectivity index (χ3v) is 3.23. The standard InChI is InChI=1S/C15H13ClN2/c1-11-13(16)6-4-8-14(11)18-15-7-3-2-5-12(15)9-10-17/h2-8,18H,9H2,1H3. The maximum absolute atomic E-state index is 8.81. The van der Waals surface area contributed by atoms with Gasteiger partial charge in [0.25, 0.3) is 0 Å². The van der Waals surface area contributed by atoms with Crippen molar-refractivity contribution in [1.29, 1.82) is 5.26 Å². The van der Waals surface area contributed by atoms with Crippen molar-refractivity contribution in [1.82, 2.24) is 0 Å². The molecule has 2 rings (SSSR count). The molecule has 3 heteroatoms. The van der Waals surface area contributed by atoms with Crippen LogP contribution in [-0.4, -0.2) is 0 Å². The highest BCUT2D eigenvalue weighted by Crippen LogP contribution is 2.27. The zero-order chi connectivity index (χ0) is 13.0. The molecule has 18 heavy (non-hydrogen) atoms. The average Bonchev–Trinajstić information content (AvgIpc) is 2.37. The molecular formula is C15H13ClN2. The van der Waals surface area contributed by atoms with E-state index in [1.54, 1.807) is 0 Å². The summed E-state index contributed by atoms with van der Waals surface area (Å²) >= 11 is 6.09. The summed E-state index contributed by atoms with van der Waals surface area (Å²) < 4.78 is 0. The highest BCUT2D eigenvalue weighted by Gasteiger charge is 2.05. The second-order valence-electron chi connectivity index (χ2n) is 4.03. The first kappa shape index (κ1) is 12.5. The number of nitriles is 1. The maximum atomic E-state index is 8.81. The third kappa shape index (κ3) is 2.64. The Labute approximate surface area is 112 Å². The van der Waals surface area contributed by atoms with E-state index >= 15 is 0 Å². The maximum Gasteiger partial charge on any atom is 0.0670 e. The molecule has 0 amide bonds. The summed E-state index contributed by atoms with van der Waals surface area (Å²) in [6, 6.07) is 15.7. The number of anilines is 2. The molecule has 0 atom stereocenters. The molecule has 2 nitrogen and oxygen atoms in total. The molecule has 0 bridgehead atoms. The van der Waals surface area contributed by atoms with Gasteiger partial charge in [-0.3, -0.25) is 0 Å². The summed E-state index contributed by atoms with van der Waals surface area (Å²) in [6.07, 6.45) is 0.392. The van der Waals surface area contributed by atoms with Gasteiger partial charge in [-0.1, -0.05) is 35.9 Å². The van der Waals surface area contributed by atoms with E-state index in [2.05, 4.69) is 11.4 Å². The topological polar surface area (TPSA) is 35.8 Å². The SMILES string of the molecule is Cc1c(Cl)cccc1Nc1ccccc1CC#N. The normalized spacial score (nSPS) is 9.83. The van der Waals surface area contributed by atoms with Gasteiger partial charge in [0.2, 0.25) is 0 Å². The molecular weight excluding hydrogens is 244 g/mol. The molecule has 0 fully saturated rings. The molecule has 0 saturated heterocycles. The van der Waals surface area contributed by atoms with Crippen molar-refractivity contribution in [2.45, 2.75) is 13.3 Å². The Hall–Kier alpha value is -1.98. The number of hydrogen-bond acceptors (Lipinski definition) is 2. The van der Waals surface area contributed by atoms with Crippen molar-refractivity contribution in [3.63, 3.8) is 0 Å². The van der Waals surface area contributed by atoms with Crippen molar-refractivity contribution < 1.29 is 0 Å². The monoisotopic (exact) mass is 256 g/mol. The second-order valence-corrected chi connectivity index (χ2v) is 4.44. The Morgan fingerprint density at radius 3 is 2.61 bits per heavy atom. The van der Waals surface area contributed by atoms with Crippen molar-refractivity contribution >= 4 is 23.0 Å². The average molecular weight is 257 g/mol. The zero-order valence-corrected chi connectivity index (χ0v) is 10.8. The van der Waals surface area contributed by atoms with Gasteiger partial charge in [-0.15, -0.1) is 0 Å². The summed E-state index contributed by atoms with van der Waals surface area (Å²) in [5, 5.41) is 12.9.